The van der Waals surface area contributed by atoms with Crippen molar-refractivity contribution >= 4 is 5.82 Å². The minimum atomic E-state index is -1.45. The first kappa shape index (κ1) is 12.5. The molecule has 0 unspecified atom stereocenters. The molecule has 0 fully saturated rings. The van der Waals surface area contributed by atoms with E-state index in [1.807, 2.05) is 6.92 Å². The first-order valence-corrected chi connectivity index (χ1v) is 5.51. The fourth-order valence-electron chi connectivity index (χ4n) is 1.53. The van der Waals surface area contributed by atoms with Gasteiger partial charge in [0.1, 0.15) is 5.82 Å². The van der Waals surface area contributed by atoms with E-state index in [1.165, 1.54) is 0 Å². The van der Waals surface area contributed by atoms with E-state index in [9.17, 15) is 13.2 Å². The Morgan fingerprint density at radius 2 is 1.89 bits per heavy atom. The van der Waals surface area contributed by atoms with Crippen LogP contribution in [-0.2, 0) is 13.1 Å². The molecule has 2 rings (SSSR count). The molecule has 0 aliphatic carbocycles. The number of aromatic nitrogens is 2. The van der Waals surface area contributed by atoms with Crippen LogP contribution in [0, 0.1) is 17.5 Å². The van der Waals surface area contributed by atoms with Gasteiger partial charge in [-0.2, -0.15) is 5.10 Å². The summed E-state index contributed by atoms with van der Waals surface area (Å²) >= 11 is 0. The Balaban J connectivity index is 2.06. The van der Waals surface area contributed by atoms with Gasteiger partial charge in [-0.15, -0.1) is 0 Å². The maximum absolute atomic E-state index is 13.0. The van der Waals surface area contributed by atoms with E-state index in [4.69, 9.17) is 0 Å². The Kier molecular flexibility index (Phi) is 3.55. The second kappa shape index (κ2) is 5.12. The van der Waals surface area contributed by atoms with Gasteiger partial charge in [-0.05, 0) is 24.6 Å². The van der Waals surface area contributed by atoms with Crippen LogP contribution < -0.4 is 5.32 Å². The van der Waals surface area contributed by atoms with Crippen molar-refractivity contribution in [3.05, 3.63) is 47.4 Å². The molecule has 18 heavy (non-hydrogen) atoms. The number of anilines is 1. The van der Waals surface area contributed by atoms with Crippen molar-refractivity contribution in [2.45, 2.75) is 20.0 Å². The molecule has 0 atom stereocenters. The Bertz CT molecular complexity index is 528. The van der Waals surface area contributed by atoms with E-state index < -0.39 is 17.5 Å². The van der Waals surface area contributed by atoms with Gasteiger partial charge in [0, 0.05) is 25.4 Å². The Labute approximate surface area is 102 Å². The predicted molar refractivity (Wildman–Crippen MR) is 61.5 cm³/mol. The molecule has 0 saturated heterocycles. The van der Waals surface area contributed by atoms with Crippen molar-refractivity contribution in [1.82, 2.24) is 9.78 Å². The summed E-state index contributed by atoms with van der Waals surface area (Å²) < 4.78 is 40.4. The molecule has 0 amide bonds. The second-order valence-electron chi connectivity index (χ2n) is 3.78. The average molecular weight is 255 g/mol. The van der Waals surface area contributed by atoms with Crippen LogP contribution in [0.15, 0.2) is 24.4 Å². The standard InChI is InChI=1S/C12H12F3N3/c1-2-18-4-3-11(17-18)16-7-8-5-9(13)12(15)10(14)6-8/h3-6H,2,7H2,1H3,(H,16,17). The highest BCUT2D eigenvalue weighted by Gasteiger charge is 2.10. The van der Waals surface area contributed by atoms with E-state index in [0.717, 1.165) is 18.7 Å². The van der Waals surface area contributed by atoms with Crippen molar-refractivity contribution in [1.29, 1.82) is 0 Å². The van der Waals surface area contributed by atoms with Crippen LogP contribution in [-0.4, -0.2) is 9.78 Å². The van der Waals surface area contributed by atoms with Crippen molar-refractivity contribution in [2.24, 2.45) is 0 Å². The van der Waals surface area contributed by atoms with Gasteiger partial charge < -0.3 is 5.32 Å². The van der Waals surface area contributed by atoms with Crippen molar-refractivity contribution in [3.63, 3.8) is 0 Å². The number of rotatable bonds is 4. The normalized spacial score (nSPS) is 10.7. The fourth-order valence-corrected chi connectivity index (χ4v) is 1.53. The van der Waals surface area contributed by atoms with Crippen LogP contribution >= 0.6 is 0 Å². The maximum atomic E-state index is 13.0. The zero-order valence-electron chi connectivity index (χ0n) is 9.75. The van der Waals surface area contributed by atoms with Gasteiger partial charge in [0.15, 0.2) is 17.5 Å². The van der Waals surface area contributed by atoms with E-state index in [0.29, 0.717) is 11.4 Å². The highest BCUT2D eigenvalue weighted by Crippen LogP contribution is 2.14. The number of nitrogens with one attached hydrogen (secondary N) is 1. The number of aryl methyl sites for hydroxylation is 1. The summed E-state index contributed by atoms with van der Waals surface area (Å²) in [6.45, 7) is 2.86. The van der Waals surface area contributed by atoms with Gasteiger partial charge in [0.05, 0.1) is 0 Å². The molecule has 1 aromatic carbocycles. The lowest BCUT2D eigenvalue weighted by Crippen LogP contribution is -2.03. The lowest BCUT2D eigenvalue weighted by molar-refractivity contribution is 0.445. The first-order valence-electron chi connectivity index (χ1n) is 5.51. The summed E-state index contributed by atoms with van der Waals surface area (Å²) in [6, 6.07) is 3.67. The third-order valence-corrected chi connectivity index (χ3v) is 2.48. The first-order chi connectivity index (χ1) is 8.60. The molecule has 0 aliphatic rings. The molecule has 6 heteroatoms. The van der Waals surface area contributed by atoms with Gasteiger partial charge in [-0.25, -0.2) is 13.2 Å². The van der Waals surface area contributed by atoms with Gasteiger partial charge >= 0.3 is 0 Å². The second-order valence-corrected chi connectivity index (χ2v) is 3.78. The molecular formula is C12H12F3N3. The van der Waals surface area contributed by atoms with Crippen LogP contribution in [0.4, 0.5) is 19.0 Å². The van der Waals surface area contributed by atoms with Crippen LogP contribution in [0.2, 0.25) is 0 Å². The lowest BCUT2D eigenvalue weighted by atomic mass is 10.2. The molecule has 2 aromatic rings. The van der Waals surface area contributed by atoms with Gasteiger partial charge in [-0.1, -0.05) is 0 Å². The zero-order chi connectivity index (χ0) is 13.1. The molecule has 3 nitrogen and oxygen atoms in total. The van der Waals surface area contributed by atoms with Crippen molar-refractivity contribution < 1.29 is 13.2 Å². The van der Waals surface area contributed by atoms with Crippen molar-refractivity contribution in [3.8, 4) is 0 Å². The number of nitrogens with zero attached hydrogens (tertiary/aromatic N) is 2. The third-order valence-electron chi connectivity index (χ3n) is 2.48. The van der Waals surface area contributed by atoms with Crippen LogP contribution in [0.1, 0.15) is 12.5 Å². The quantitative estimate of drug-likeness (QED) is 0.851. The highest BCUT2D eigenvalue weighted by atomic mass is 19.2. The zero-order valence-corrected chi connectivity index (χ0v) is 9.75. The molecule has 0 saturated carbocycles. The Morgan fingerprint density at radius 3 is 2.44 bits per heavy atom. The molecule has 0 radical (unpaired) electrons. The van der Waals surface area contributed by atoms with E-state index in [2.05, 4.69) is 10.4 Å². The molecule has 0 bridgehead atoms. The number of halogens is 3. The smallest absolute Gasteiger partial charge is 0.194 e. The summed E-state index contributed by atoms with van der Waals surface area (Å²) in [5.74, 6) is -3.23. The molecule has 1 heterocycles. The monoisotopic (exact) mass is 255 g/mol. The minimum Gasteiger partial charge on any atom is -0.365 e. The maximum Gasteiger partial charge on any atom is 0.194 e. The number of hydrogen-bond donors (Lipinski definition) is 1. The predicted octanol–water partition coefficient (Wildman–Crippen LogP) is 2.93. The topological polar surface area (TPSA) is 29.9 Å². The summed E-state index contributed by atoms with van der Waals surface area (Å²) in [5.41, 5.74) is 0.317. The summed E-state index contributed by atoms with van der Waals surface area (Å²) in [6.07, 6.45) is 1.79. The van der Waals surface area contributed by atoms with Crippen molar-refractivity contribution in [2.75, 3.05) is 5.32 Å². The SMILES string of the molecule is CCn1ccc(NCc2cc(F)c(F)c(F)c2)n1. The average Bonchev–Trinajstić information content (AvgIpc) is 2.81. The molecule has 96 valence electrons. The molecule has 1 N–H and O–H groups in total. The molecular weight excluding hydrogens is 243 g/mol. The lowest BCUT2D eigenvalue weighted by Gasteiger charge is -2.04. The summed E-state index contributed by atoms with van der Waals surface area (Å²) in [4.78, 5) is 0. The van der Waals surface area contributed by atoms with E-state index in [-0.39, 0.29) is 6.54 Å². The van der Waals surface area contributed by atoms with Gasteiger partial charge in [0.25, 0.3) is 0 Å². The largest absolute Gasteiger partial charge is 0.365 e. The third kappa shape index (κ3) is 2.64. The van der Waals surface area contributed by atoms with E-state index in [1.54, 1.807) is 16.9 Å². The minimum absolute atomic E-state index is 0.175. The van der Waals surface area contributed by atoms with Crippen LogP contribution in [0.3, 0.4) is 0 Å². The van der Waals surface area contributed by atoms with Gasteiger partial charge in [0.2, 0.25) is 0 Å². The Hall–Kier alpha value is -1.98. The summed E-state index contributed by atoms with van der Waals surface area (Å²) in [5, 5.41) is 7.05. The van der Waals surface area contributed by atoms with E-state index >= 15 is 0 Å². The molecule has 0 spiro atoms. The van der Waals surface area contributed by atoms with Gasteiger partial charge in [-0.3, -0.25) is 4.68 Å². The van der Waals surface area contributed by atoms with Crippen LogP contribution in [0.25, 0.3) is 0 Å². The molecule has 0 aliphatic heterocycles. The fraction of sp³-hybridized carbons (Fsp3) is 0.250. The highest BCUT2D eigenvalue weighted by molar-refractivity contribution is 5.34. The number of hydrogen-bond acceptors (Lipinski definition) is 2. The number of benzene rings is 1. The summed E-state index contributed by atoms with van der Waals surface area (Å²) in [7, 11) is 0. The molecule has 1 aromatic heterocycles. The van der Waals surface area contributed by atoms with Crippen LogP contribution in [0.5, 0.6) is 0 Å². The Morgan fingerprint density at radius 1 is 1.22 bits per heavy atom.